The van der Waals surface area contributed by atoms with Gasteiger partial charge in [0.1, 0.15) is 23.0 Å². The third kappa shape index (κ3) is 5.97. The van der Waals surface area contributed by atoms with E-state index in [0.717, 1.165) is 6.42 Å². The number of hydrogen-bond acceptors (Lipinski definition) is 9. The molecule has 0 saturated carbocycles. The maximum atomic E-state index is 12.2. The molecule has 3 aromatic rings. The first-order chi connectivity index (χ1) is 15.9. The van der Waals surface area contributed by atoms with E-state index in [1.807, 2.05) is 6.92 Å². The molecule has 2 aromatic carbocycles. The van der Waals surface area contributed by atoms with E-state index in [1.54, 1.807) is 18.2 Å². The average molecular weight is 455 g/mol. The van der Waals surface area contributed by atoms with E-state index in [2.05, 4.69) is 25.9 Å². The number of Topliss-reactive ketones (excluding diaryl/α,β-unsaturated/α-hetero) is 1. The third-order valence-electron chi connectivity index (χ3n) is 4.73. The Labute approximate surface area is 189 Å². The summed E-state index contributed by atoms with van der Waals surface area (Å²) in [6, 6.07) is 7.58. The fourth-order valence-electron chi connectivity index (χ4n) is 3.14. The number of nitrogens with one attached hydrogen (secondary N) is 2. The molecular formula is C22H25N5O6. The number of aromatic amines is 1. The second-order valence-electron chi connectivity index (χ2n) is 7.18. The number of nitrogens with zero attached hydrogens (tertiary/aromatic N) is 3. The molecule has 1 heterocycles. The summed E-state index contributed by atoms with van der Waals surface area (Å²) in [5.74, 6) is -0.0726. The first-order valence-electron chi connectivity index (χ1n) is 10.4. The van der Waals surface area contributed by atoms with Crippen molar-refractivity contribution in [3.63, 3.8) is 0 Å². The van der Waals surface area contributed by atoms with E-state index in [1.165, 1.54) is 19.1 Å². The molecule has 0 bridgehead atoms. The molecule has 4 N–H and O–H groups in total. The molecule has 0 radical (unpaired) electrons. The van der Waals surface area contributed by atoms with Gasteiger partial charge in [-0.15, -0.1) is 0 Å². The van der Waals surface area contributed by atoms with Crippen LogP contribution in [-0.4, -0.2) is 55.7 Å². The second kappa shape index (κ2) is 10.9. The van der Waals surface area contributed by atoms with Crippen molar-refractivity contribution < 1.29 is 29.3 Å². The van der Waals surface area contributed by atoms with Crippen LogP contribution in [0.1, 0.15) is 53.0 Å². The molecule has 0 spiro atoms. The van der Waals surface area contributed by atoms with Crippen LogP contribution >= 0.6 is 0 Å². The normalized spacial score (nSPS) is 10.6. The summed E-state index contributed by atoms with van der Waals surface area (Å²) in [5, 5.41) is 35.6. The fraction of sp³-hybridized carbons (Fsp3) is 0.318. The van der Waals surface area contributed by atoms with Crippen LogP contribution in [0.2, 0.25) is 0 Å². The number of carbonyl (C=O) groups is 2. The molecule has 11 nitrogen and oxygen atoms in total. The molecule has 174 valence electrons. The van der Waals surface area contributed by atoms with Crippen molar-refractivity contribution in [3.8, 4) is 23.0 Å². The summed E-state index contributed by atoms with van der Waals surface area (Å²) in [4.78, 5) is 23.8. The molecule has 0 unspecified atom stereocenters. The summed E-state index contributed by atoms with van der Waals surface area (Å²) in [6.07, 6.45) is 1.91. The molecule has 0 aliphatic rings. The number of amides is 1. The van der Waals surface area contributed by atoms with Crippen molar-refractivity contribution in [2.75, 3.05) is 18.5 Å². The van der Waals surface area contributed by atoms with Gasteiger partial charge in [-0.25, -0.2) is 5.10 Å². The van der Waals surface area contributed by atoms with Crippen LogP contribution in [0.25, 0.3) is 0 Å². The number of ketones is 1. The van der Waals surface area contributed by atoms with Crippen molar-refractivity contribution in [1.82, 2.24) is 20.6 Å². The number of phenols is 2. The van der Waals surface area contributed by atoms with Crippen molar-refractivity contribution in [3.05, 3.63) is 47.0 Å². The van der Waals surface area contributed by atoms with Gasteiger partial charge in [0.25, 0.3) is 5.91 Å². The number of benzene rings is 2. The minimum atomic E-state index is -0.576. The van der Waals surface area contributed by atoms with Crippen LogP contribution in [0.15, 0.2) is 30.3 Å². The summed E-state index contributed by atoms with van der Waals surface area (Å²) in [6.45, 7) is 4.02. The Kier molecular flexibility index (Phi) is 7.79. The van der Waals surface area contributed by atoms with Crippen LogP contribution in [-0.2, 0) is 6.42 Å². The number of rotatable bonds is 11. The standard InChI is InChI=1S/C22H25N5O6/c1-3-5-17-19(9-8-15(13(2)28)20(17)30)33-11-4-10-32-14-6-7-16(18(29)12-14)21(31)23-22-24-26-27-25-22/h6-9,12,29-30H,3-5,10-11H2,1-2H3,(H2,23,24,25,26,27,31). The summed E-state index contributed by atoms with van der Waals surface area (Å²) < 4.78 is 11.4. The first kappa shape index (κ1) is 23.5. The SMILES string of the molecule is CCCc1c(OCCCOc2ccc(C(=O)Nc3nnn[nH]3)c(O)c2)ccc(C(C)=O)c1O. The van der Waals surface area contributed by atoms with Crippen LogP contribution in [0.5, 0.6) is 23.0 Å². The van der Waals surface area contributed by atoms with E-state index in [9.17, 15) is 19.8 Å². The van der Waals surface area contributed by atoms with Crippen molar-refractivity contribution in [1.29, 1.82) is 0 Å². The number of tetrazole rings is 1. The van der Waals surface area contributed by atoms with Gasteiger partial charge in [-0.3, -0.25) is 14.9 Å². The molecular weight excluding hydrogens is 430 g/mol. The van der Waals surface area contributed by atoms with Crippen molar-refractivity contribution in [2.45, 2.75) is 33.1 Å². The van der Waals surface area contributed by atoms with Gasteiger partial charge < -0.3 is 19.7 Å². The molecule has 0 aliphatic carbocycles. The maximum Gasteiger partial charge on any atom is 0.261 e. The monoisotopic (exact) mass is 455 g/mol. The topological polar surface area (TPSA) is 160 Å². The molecule has 0 fully saturated rings. The van der Waals surface area contributed by atoms with E-state index in [-0.39, 0.29) is 34.4 Å². The molecule has 3 rings (SSSR count). The van der Waals surface area contributed by atoms with E-state index < -0.39 is 5.91 Å². The number of ether oxygens (including phenoxy) is 2. The number of H-pyrrole nitrogens is 1. The van der Waals surface area contributed by atoms with Gasteiger partial charge in [0, 0.05) is 18.1 Å². The zero-order valence-corrected chi connectivity index (χ0v) is 18.3. The Morgan fingerprint density at radius 1 is 1.09 bits per heavy atom. The predicted molar refractivity (Wildman–Crippen MR) is 118 cm³/mol. The molecule has 0 saturated heterocycles. The molecule has 0 aliphatic heterocycles. The highest BCUT2D eigenvalue weighted by atomic mass is 16.5. The lowest BCUT2D eigenvalue weighted by Crippen LogP contribution is -2.13. The highest BCUT2D eigenvalue weighted by molar-refractivity contribution is 6.05. The Hall–Kier alpha value is -4.15. The molecule has 1 aromatic heterocycles. The number of hydrogen-bond donors (Lipinski definition) is 4. The zero-order valence-electron chi connectivity index (χ0n) is 18.3. The quantitative estimate of drug-likeness (QED) is 0.252. The summed E-state index contributed by atoms with van der Waals surface area (Å²) >= 11 is 0. The molecule has 11 heteroatoms. The Bertz CT molecular complexity index is 1120. The second-order valence-corrected chi connectivity index (χ2v) is 7.18. The molecule has 33 heavy (non-hydrogen) atoms. The van der Waals surface area contributed by atoms with E-state index in [0.29, 0.717) is 43.1 Å². The highest BCUT2D eigenvalue weighted by Gasteiger charge is 2.16. The van der Waals surface area contributed by atoms with Gasteiger partial charge in [0.2, 0.25) is 5.95 Å². The van der Waals surface area contributed by atoms with Crippen LogP contribution in [0.4, 0.5) is 5.95 Å². The minimum Gasteiger partial charge on any atom is -0.507 e. The smallest absolute Gasteiger partial charge is 0.261 e. The fourth-order valence-corrected chi connectivity index (χ4v) is 3.14. The van der Waals surface area contributed by atoms with Gasteiger partial charge in [-0.05, 0) is 48.0 Å². The summed E-state index contributed by atoms with van der Waals surface area (Å²) in [5.41, 5.74) is 0.939. The lowest BCUT2D eigenvalue weighted by Gasteiger charge is -2.15. The lowest BCUT2D eigenvalue weighted by atomic mass is 10.0. The number of carbonyl (C=O) groups excluding carboxylic acids is 2. The van der Waals surface area contributed by atoms with Gasteiger partial charge in [-0.1, -0.05) is 18.4 Å². The number of aromatic nitrogens is 4. The van der Waals surface area contributed by atoms with Gasteiger partial charge >= 0.3 is 0 Å². The first-order valence-corrected chi connectivity index (χ1v) is 10.4. The van der Waals surface area contributed by atoms with E-state index >= 15 is 0 Å². The lowest BCUT2D eigenvalue weighted by molar-refractivity contribution is 0.100. The molecule has 1 amide bonds. The largest absolute Gasteiger partial charge is 0.507 e. The summed E-state index contributed by atoms with van der Waals surface area (Å²) in [7, 11) is 0. The van der Waals surface area contributed by atoms with E-state index in [4.69, 9.17) is 9.47 Å². The Balaban J connectivity index is 1.51. The van der Waals surface area contributed by atoms with Crippen LogP contribution in [0, 0.1) is 0 Å². The predicted octanol–water partition coefficient (Wildman–Crippen LogP) is 2.87. The van der Waals surface area contributed by atoms with Crippen LogP contribution in [0.3, 0.4) is 0 Å². The number of aromatic hydroxyl groups is 2. The van der Waals surface area contributed by atoms with Gasteiger partial charge in [-0.2, -0.15) is 0 Å². The molecule has 0 atom stereocenters. The van der Waals surface area contributed by atoms with Crippen molar-refractivity contribution in [2.24, 2.45) is 0 Å². The Morgan fingerprint density at radius 2 is 1.85 bits per heavy atom. The van der Waals surface area contributed by atoms with Crippen molar-refractivity contribution >= 4 is 17.6 Å². The third-order valence-corrected chi connectivity index (χ3v) is 4.73. The van der Waals surface area contributed by atoms with Crippen LogP contribution < -0.4 is 14.8 Å². The number of anilines is 1. The maximum absolute atomic E-state index is 12.2. The van der Waals surface area contributed by atoms with Gasteiger partial charge in [0.15, 0.2) is 5.78 Å². The number of phenolic OH excluding ortho intramolecular Hbond substituents is 2. The Morgan fingerprint density at radius 3 is 2.52 bits per heavy atom. The average Bonchev–Trinajstić information content (AvgIpc) is 3.28. The minimum absolute atomic E-state index is 0.0303. The zero-order chi connectivity index (χ0) is 23.8. The van der Waals surface area contributed by atoms with Gasteiger partial charge in [0.05, 0.1) is 24.3 Å². The highest BCUT2D eigenvalue weighted by Crippen LogP contribution is 2.33.